The number of amides is 1. The van der Waals surface area contributed by atoms with Gasteiger partial charge in [0.1, 0.15) is 17.1 Å². The molecule has 0 saturated heterocycles. The quantitative estimate of drug-likeness (QED) is 0.453. The number of carbonyl (C=O) groups excluding carboxylic acids is 2. The van der Waals surface area contributed by atoms with Gasteiger partial charge in [-0.25, -0.2) is 4.79 Å². The van der Waals surface area contributed by atoms with Crippen molar-refractivity contribution in [2.24, 2.45) is 0 Å². The maximum Gasteiger partial charge on any atom is 0.339 e. The summed E-state index contributed by atoms with van der Waals surface area (Å²) in [4.78, 5) is 31.7. The van der Waals surface area contributed by atoms with Gasteiger partial charge in [0, 0.05) is 19.5 Å². The SMILES string of the molecule is CC(=O)Nc1ccc(O)cc1.CC(=O)Oc1ccccc1C(=O)O. The van der Waals surface area contributed by atoms with Crippen LogP contribution in [0.5, 0.6) is 11.5 Å². The average molecular weight is 331 g/mol. The van der Waals surface area contributed by atoms with E-state index in [-0.39, 0.29) is 23.0 Å². The molecule has 24 heavy (non-hydrogen) atoms. The molecule has 2 aromatic rings. The Hall–Kier alpha value is -3.35. The summed E-state index contributed by atoms with van der Waals surface area (Å²) in [7, 11) is 0. The number of phenols is 1. The van der Waals surface area contributed by atoms with Crippen molar-refractivity contribution in [2.75, 3.05) is 5.32 Å². The zero-order valence-corrected chi connectivity index (χ0v) is 13.1. The molecular formula is C17H17NO6. The van der Waals surface area contributed by atoms with Crippen LogP contribution >= 0.6 is 0 Å². The Bertz CT molecular complexity index is 724. The Kier molecular flexibility index (Phi) is 6.97. The lowest BCUT2D eigenvalue weighted by atomic mass is 10.2. The van der Waals surface area contributed by atoms with Crippen molar-refractivity contribution >= 4 is 23.5 Å². The minimum atomic E-state index is -1.11. The molecule has 7 heteroatoms. The van der Waals surface area contributed by atoms with E-state index in [1.54, 1.807) is 24.3 Å². The number of benzene rings is 2. The van der Waals surface area contributed by atoms with Crippen molar-refractivity contribution in [1.29, 1.82) is 0 Å². The van der Waals surface area contributed by atoms with Gasteiger partial charge in [-0.1, -0.05) is 12.1 Å². The number of ether oxygens (including phenoxy) is 1. The molecule has 2 aromatic carbocycles. The van der Waals surface area contributed by atoms with E-state index in [1.807, 2.05) is 0 Å². The Morgan fingerprint density at radius 3 is 2.04 bits per heavy atom. The molecule has 0 spiro atoms. The number of para-hydroxylation sites is 1. The van der Waals surface area contributed by atoms with Crippen molar-refractivity contribution < 1.29 is 29.3 Å². The third kappa shape index (κ3) is 6.61. The highest BCUT2D eigenvalue weighted by Crippen LogP contribution is 2.17. The molecule has 0 aliphatic rings. The zero-order valence-electron chi connectivity index (χ0n) is 13.1. The summed E-state index contributed by atoms with van der Waals surface area (Å²) in [6, 6.07) is 12.3. The summed E-state index contributed by atoms with van der Waals surface area (Å²) in [5.74, 6) is -1.50. The van der Waals surface area contributed by atoms with Crippen LogP contribution in [0.25, 0.3) is 0 Å². The van der Waals surface area contributed by atoms with Gasteiger partial charge in [-0.05, 0) is 36.4 Å². The minimum Gasteiger partial charge on any atom is -0.508 e. The highest BCUT2D eigenvalue weighted by molar-refractivity contribution is 5.91. The van der Waals surface area contributed by atoms with E-state index in [9.17, 15) is 14.4 Å². The van der Waals surface area contributed by atoms with Gasteiger partial charge in [-0.15, -0.1) is 0 Å². The van der Waals surface area contributed by atoms with Crippen LogP contribution in [0.4, 0.5) is 5.69 Å². The van der Waals surface area contributed by atoms with Gasteiger partial charge in [0.05, 0.1) is 0 Å². The number of nitrogens with one attached hydrogen (secondary N) is 1. The number of carboxylic acid groups (broad SMARTS) is 1. The molecule has 0 aromatic heterocycles. The van der Waals surface area contributed by atoms with Crippen LogP contribution in [0, 0.1) is 0 Å². The van der Waals surface area contributed by atoms with Gasteiger partial charge in [-0.2, -0.15) is 0 Å². The van der Waals surface area contributed by atoms with E-state index in [4.69, 9.17) is 10.2 Å². The third-order valence-electron chi connectivity index (χ3n) is 2.56. The summed E-state index contributed by atoms with van der Waals surface area (Å²) >= 11 is 0. The number of hydrogen-bond donors (Lipinski definition) is 3. The predicted molar refractivity (Wildman–Crippen MR) is 87.1 cm³/mol. The molecule has 0 bridgehead atoms. The van der Waals surface area contributed by atoms with Crippen molar-refractivity contribution in [3.63, 3.8) is 0 Å². The lowest BCUT2D eigenvalue weighted by Crippen LogP contribution is -2.06. The normalized spacial score (nSPS) is 9.25. The van der Waals surface area contributed by atoms with Gasteiger partial charge in [0.15, 0.2) is 0 Å². The first-order chi connectivity index (χ1) is 11.3. The van der Waals surface area contributed by atoms with Crippen LogP contribution in [0.15, 0.2) is 48.5 Å². The summed E-state index contributed by atoms with van der Waals surface area (Å²) in [5, 5.41) is 20.1. The maximum absolute atomic E-state index is 10.6. The molecule has 3 N–H and O–H groups in total. The number of esters is 1. The molecule has 0 heterocycles. The molecule has 126 valence electrons. The van der Waals surface area contributed by atoms with E-state index in [0.29, 0.717) is 5.69 Å². The number of aromatic carboxylic acids is 1. The fourth-order valence-corrected chi connectivity index (χ4v) is 1.64. The van der Waals surface area contributed by atoms with E-state index >= 15 is 0 Å². The number of anilines is 1. The topological polar surface area (TPSA) is 113 Å². The summed E-state index contributed by atoms with van der Waals surface area (Å²) in [5.41, 5.74) is 0.674. The monoisotopic (exact) mass is 331 g/mol. The Balaban J connectivity index is 0.000000243. The molecular weight excluding hydrogens is 314 g/mol. The standard InChI is InChI=1S/C9H8O4.C8H9NO2/c1-6(10)13-8-5-3-2-4-7(8)9(11)12;1-6(10)9-7-2-4-8(11)5-3-7/h2-5H,1H3,(H,11,12);2-5,11H,1H3,(H,9,10). The molecule has 0 saturated carbocycles. The number of rotatable bonds is 3. The number of carbonyl (C=O) groups is 3. The van der Waals surface area contributed by atoms with E-state index in [1.165, 1.54) is 38.1 Å². The van der Waals surface area contributed by atoms with E-state index < -0.39 is 11.9 Å². The molecule has 0 unspecified atom stereocenters. The number of aromatic hydroxyl groups is 1. The van der Waals surface area contributed by atoms with Gasteiger partial charge in [0.2, 0.25) is 5.91 Å². The fourth-order valence-electron chi connectivity index (χ4n) is 1.64. The molecule has 0 aliphatic carbocycles. The summed E-state index contributed by atoms with van der Waals surface area (Å²) < 4.78 is 4.69. The zero-order chi connectivity index (χ0) is 18.1. The Morgan fingerprint density at radius 1 is 0.958 bits per heavy atom. The van der Waals surface area contributed by atoms with Crippen molar-refractivity contribution in [2.45, 2.75) is 13.8 Å². The smallest absolute Gasteiger partial charge is 0.339 e. The molecule has 0 atom stereocenters. The molecule has 7 nitrogen and oxygen atoms in total. The van der Waals surface area contributed by atoms with Gasteiger partial charge < -0.3 is 20.3 Å². The van der Waals surface area contributed by atoms with Crippen molar-refractivity contribution in [3.05, 3.63) is 54.1 Å². The summed E-state index contributed by atoms with van der Waals surface area (Å²) in [6.07, 6.45) is 0. The van der Waals surface area contributed by atoms with Crippen LogP contribution in [0.2, 0.25) is 0 Å². The molecule has 1 amide bonds. The maximum atomic E-state index is 10.6. The van der Waals surface area contributed by atoms with Crippen LogP contribution < -0.4 is 10.1 Å². The van der Waals surface area contributed by atoms with Crippen LogP contribution in [0.3, 0.4) is 0 Å². The highest BCUT2D eigenvalue weighted by atomic mass is 16.5. The van der Waals surface area contributed by atoms with Crippen molar-refractivity contribution in [1.82, 2.24) is 0 Å². The molecule has 0 fully saturated rings. The van der Waals surface area contributed by atoms with Gasteiger partial charge in [0.25, 0.3) is 0 Å². The van der Waals surface area contributed by atoms with Crippen LogP contribution in [-0.4, -0.2) is 28.1 Å². The van der Waals surface area contributed by atoms with Crippen molar-refractivity contribution in [3.8, 4) is 11.5 Å². The number of hydrogen-bond acceptors (Lipinski definition) is 5. The Labute approximate surface area is 138 Å². The highest BCUT2D eigenvalue weighted by Gasteiger charge is 2.10. The molecule has 2 rings (SSSR count). The molecule has 0 aliphatic heterocycles. The fraction of sp³-hybridized carbons (Fsp3) is 0.118. The lowest BCUT2D eigenvalue weighted by Gasteiger charge is -2.03. The van der Waals surface area contributed by atoms with E-state index in [2.05, 4.69) is 10.1 Å². The molecule has 0 radical (unpaired) electrons. The second-order valence-corrected chi connectivity index (χ2v) is 4.62. The first kappa shape index (κ1) is 18.7. The Morgan fingerprint density at radius 2 is 1.54 bits per heavy atom. The van der Waals surface area contributed by atoms with E-state index in [0.717, 1.165) is 0 Å². The van der Waals surface area contributed by atoms with Crippen LogP contribution in [-0.2, 0) is 9.59 Å². The summed E-state index contributed by atoms with van der Waals surface area (Å²) in [6.45, 7) is 2.66. The van der Waals surface area contributed by atoms with Gasteiger partial charge >= 0.3 is 11.9 Å². The van der Waals surface area contributed by atoms with Gasteiger partial charge in [-0.3, -0.25) is 9.59 Å². The van der Waals surface area contributed by atoms with Crippen LogP contribution in [0.1, 0.15) is 24.2 Å². The first-order valence-electron chi connectivity index (χ1n) is 6.87. The number of carboxylic acids is 1. The first-order valence-corrected chi connectivity index (χ1v) is 6.87. The largest absolute Gasteiger partial charge is 0.508 e. The second-order valence-electron chi connectivity index (χ2n) is 4.62. The lowest BCUT2D eigenvalue weighted by molar-refractivity contribution is -0.131. The second kappa shape index (κ2) is 8.94. The number of phenolic OH excluding ortho intramolecular Hbond substituents is 1. The third-order valence-corrected chi connectivity index (χ3v) is 2.56. The minimum absolute atomic E-state index is 0.0160. The predicted octanol–water partition coefficient (Wildman–Crippen LogP) is 2.66. The average Bonchev–Trinajstić information content (AvgIpc) is 2.49.